The number of hydrogen-bond acceptors (Lipinski definition) is 4. The van der Waals surface area contributed by atoms with Crippen LogP contribution in [0.15, 0.2) is 53.9 Å². The molecular formula is C18H14F3N3OS. The number of hydrogen-bond donors (Lipinski definition) is 0. The molecule has 0 aliphatic carbocycles. The Balaban J connectivity index is 1.80. The lowest BCUT2D eigenvalue weighted by molar-refractivity contribution is 0.250. The molecule has 4 nitrogen and oxygen atoms in total. The van der Waals surface area contributed by atoms with Crippen LogP contribution in [0, 0.1) is 17.5 Å². The van der Waals surface area contributed by atoms with Gasteiger partial charge in [-0.05, 0) is 18.4 Å². The van der Waals surface area contributed by atoms with Crippen LogP contribution in [0.4, 0.5) is 13.2 Å². The summed E-state index contributed by atoms with van der Waals surface area (Å²) >= 11 is 1.38. The molecule has 2 heterocycles. The predicted molar refractivity (Wildman–Crippen MR) is 90.1 cm³/mol. The molecule has 26 heavy (non-hydrogen) atoms. The molecule has 0 saturated carbocycles. The van der Waals surface area contributed by atoms with E-state index >= 15 is 0 Å². The van der Waals surface area contributed by atoms with Crippen molar-refractivity contribution < 1.29 is 17.9 Å². The molecule has 8 heteroatoms. The van der Waals surface area contributed by atoms with Crippen LogP contribution >= 0.6 is 11.8 Å². The van der Waals surface area contributed by atoms with Crippen LogP contribution < -0.4 is 0 Å². The highest BCUT2D eigenvalue weighted by atomic mass is 32.2. The number of rotatable bonds is 5. The van der Waals surface area contributed by atoms with E-state index in [2.05, 4.69) is 10.1 Å². The Hall–Kier alpha value is -2.32. The minimum atomic E-state index is -1.18. The normalized spacial score (nSPS) is 21.8. The zero-order chi connectivity index (χ0) is 18.3. The average molecular weight is 377 g/mol. The minimum Gasteiger partial charge on any atom is -0.354 e. The van der Waals surface area contributed by atoms with E-state index in [4.69, 9.17) is 4.74 Å². The summed E-state index contributed by atoms with van der Waals surface area (Å²) < 4.78 is 49.6. The molecule has 4 rings (SSSR count). The molecule has 0 N–H and O–H groups in total. The molecule has 2 unspecified atom stereocenters. The van der Waals surface area contributed by atoms with Crippen molar-refractivity contribution in [3.05, 3.63) is 77.4 Å². The van der Waals surface area contributed by atoms with E-state index in [0.717, 1.165) is 12.1 Å². The number of halogens is 3. The molecule has 2 aromatic carbocycles. The topological polar surface area (TPSA) is 43.2 Å². The van der Waals surface area contributed by atoms with Gasteiger partial charge in [0.15, 0.2) is 5.16 Å². The highest BCUT2D eigenvalue weighted by molar-refractivity contribution is 7.98. The fourth-order valence-electron chi connectivity index (χ4n) is 3.16. The van der Waals surface area contributed by atoms with E-state index < -0.39 is 29.2 Å². The van der Waals surface area contributed by atoms with Gasteiger partial charge in [-0.25, -0.2) is 22.8 Å². The van der Waals surface area contributed by atoms with Crippen LogP contribution in [0.3, 0.4) is 0 Å². The molecule has 1 aliphatic heterocycles. The Morgan fingerprint density at radius 1 is 1.15 bits per heavy atom. The molecule has 2 atom stereocenters. The molecule has 1 saturated heterocycles. The zero-order valence-corrected chi connectivity index (χ0v) is 14.5. The summed E-state index contributed by atoms with van der Waals surface area (Å²) in [6.07, 6.45) is 2.53. The lowest BCUT2D eigenvalue weighted by Gasteiger charge is -2.16. The number of epoxide rings is 1. The monoisotopic (exact) mass is 377 g/mol. The number of benzene rings is 2. The Morgan fingerprint density at radius 2 is 1.96 bits per heavy atom. The van der Waals surface area contributed by atoms with Crippen molar-refractivity contribution in [1.29, 1.82) is 0 Å². The summed E-state index contributed by atoms with van der Waals surface area (Å²) in [5, 5.41) is 4.77. The van der Waals surface area contributed by atoms with Crippen molar-refractivity contribution in [2.24, 2.45) is 0 Å². The third kappa shape index (κ3) is 2.79. The molecule has 134 valence electrons. The number of thioether (sulfide) groups is 1. The van der Waals surface area contributed by atoms with E-state index in [1.165, 1.54) is 30.2 Å². The fraction of sp³-hybridized carbons (Fsp3) is 0.222. The first-order valence-corrected chi connectivity index (χ1v) is 9.07. The van der Waals surface area contributed by atoms with E-state index in [9.17, 15) is 13.2 Å². The van der Waals surface area contributed by atoms with Gasteiger partial charge in [-0.15, -0.1) is 0 Å². The van der Waals surface area contributed by atoms with Crippen molar-refractivity contribution >= 4 is 11.8 Å². The van der Waals surface area contributed by atoms with Gasteiger partial charge in [-0.2, -0.15) is 5.10 Å². The maximum Gasteiger partial charge on any atom is 0.185 e. The summed E-state index contributed by atoms with van der Waals surface area (Å²) in [7, 11) is 0. The second-order valence-corrected chi connectivity index (χ2v) is 6.71. The van der Waals surface area contributed by atoms with Gasteiger partial charge in [0.25, 0.3) is 0 Å². The van der Waals surface area contributed by atoms with Gasteiger partial charge < -0.3 is 4.74 Å². The largest absolute Gasteiger partial charge is 0.354 e. The van der Waals surface area contributed by atoms with Gasteiger partial charge in [-0.1, -0.05) is 36.0 Å². The van der Waals surface area contributed by atoms with Gasteiger partial charge in [0, 0.05) is 17.2 Å². The molecule has 1 fully saturated rings. The number of ether oxygens (including phenoxy) is 1. The smallest absolute Gasteiger partial charge is 0.185 e. The zero-order valence-electron chi connectivity index (χ0n) is 13.7. The van der Waals surface area contributed by atoms with Crippen LogP contribution in [0.5, 0.6) is 0 Å². The molecule has 0 bridgehead atoms. The number of nitrogens with zero attached hydrogens (tertiary/aromatic N) is 3. The lowest BCUT2D eigenvalue weighted by Crippen LogP contribution is -2.22. The van der Waals surface area contributed by atoms with Crippen LogP contribution in [-0.2, 0) is 16.9 Å². The van der Waals surface area contributed by atoms with Crippen LogP contribution in [-0.4, -0.2) is 21.0 Å². The second-order valence-electron chi connectivity index (χ2n) is 5.94. The Morgan fingerprint density at radius 3 is 2.69 bits per heavy atom. The number of aromatic nitrogens is 3. The maximum atomic E-state index is 14.5. The summed E-state index contributed by atoms with van der Waals surface area (Å²) in [6.45, 7) is 0.130. The Labute approximate surface area is 152 Å². The molecule has 0 radical (unpaired) electrons. The van der Waals surface area contributed by atoms with Crippen molar-refractivity contribution in [2.75, 3.05) is 6.26 Å². The third-order valence-corrected chi connectivity index (χ3v) is 5.10. The van der Waals surface area contributed by atoms with Crippen LogP contribution in [0.1, 0.15) is 17.2 Å². The summed E-state index contributed by atoms with van der Waals surface area (Å²) in [4.78, 5) is 4.12. The van der Waals surface area contributed by atoms with Crippen molar-refractivity contribution in [3.8, 4) is 0 Å². The Kier molecular flexibility index (Phi) is 4.24. The molecule has 1 aromatic heterocycles. The van der Waals surface area contributed by atoms with Crippen molar-refractivity contribution in [2.45, 2.75) is 23.4 Å². The van der Waals surface area contributed by atoms with E-state index in [1.807, 2.05) is 6.26 Å². The van der Waals surface area contributed by atoms with Gasteiger partial charge in [0.05, 0.1) is 6.54 Å². The summed E-state index contributed by atoms with van der Waals surface area (Å²) in [5.41, 5.74) is -0.699. The van der Waals surface area contributed by atoms with Crippen molar-refractivity contribution in [1.82, 2.24) is 14.8 Å². The van der Waals surface area contributed by atoms with E-state index in [-0.39, 0.29) is 12.1 Å². The quantitative estimate of drug-likeness (QED) is 0.496. The van der Waals surface area contributed by atoms with Crippen molar-refractivity contribution in [3.63, 3.8) is 0 Å². The molecule has 0 spiro atoms. The summed E-state index contributed by atoms with van der Waals surface area (Å²) in [5.74, 6) is -1.87. The minimum absolute atomic E-state index is 0.130. The standard InChI is InChI=1S/C18H14F3N3OS/c1-26-17-22-10-23-24(17)9-18(13-7-6-11(19)8-15(13)21)16(25-18)12-4-2-3-5-14(12)20/h2-8,10,16H,9H2,1H3. The van der Waals surface area contributed by atoms with E-state index in [1.54, 1.807) is 22.9 Å². The first kappa shape index (κ1) is 17.1. The molecule has 1 aliphatic rings. The predicted octanol–water partition coefficient (Wildman–Crippen LogP) is 4.08. The van der Waals surface area contributed by atoms with Crippen LogP contribution in [0.2, 0.25) is 0 Å². The fourth-order valence-corrected chi connectivity index (χ4v) is 3.64. The third-order valence-electron chi connectivity index (χ3n) is 4.42. The molecule has 3 aromatic rings. The molecule has 0 amide bonds. The first-order valence-electron chi connectivity index (χ1n) is 7.85. The van der Waals surface area contributed by atoms with Gasteiger partial charge in [0.1, 0.15) is 35.5 Å². The lowest BCUT2D eigenvalue weighted by atomic mass is 9.91. The second kappa shape index (κ2) is 6.44. The van der Waals surface area contributed by atoms with Gasteiger partial charge >= 0.3 is 0 Å². The summed E-state index contributed by atoms with van der Waals surface area (Å²) in [6, 6.07) is 9.48. The molecular weight excluding hydrogens is 363 g/mol. The SMILES string of the molecule is CSc1ncnn1CC1(c2ccc(F)cc2F)OC1c1ccccc1F. The van der Waals surface area contributed by atoms with Gasteiger partial charge in [0.2, 0.25) is 0 Å². The first-order chi connectivity index (χ1) is 12.5. The maximum absolute atomic E-state index is 14.5. The van der Waals surface area contributed by atoms with E-state index in [0.29, 0.717) is 10.7 Å². The average Bonchev–Trinajstić information content (AvgIpc) is 3.14. The highest BCUT2D eigenvalue weighted by Crippen LogP contribution is 2.59. The van der Waals surface area contributed by atoms with Crippen LogP contribution in [0.25, 0.3) is 0 Å². The Bertz CT molecular complexity index is 964. The van der Waals surface area contributed by atoms with Gasteiger partial charge in [-0.3, -0.25) is 0 Å². The highest BCUT2D eigenvalue weighted by Gasteiger charge is 2.61.